The second kappa shape index (κ2) is 5.13. The minimum atomic E-state index is 0.506. The van der Waals surface area contributed by atoms with Crippen molar-refractivity contribution in [1.29, 1.82) is 0 Å². The molecule has 0 radical (unpaired) electrons. The third kappa shape index (κ3) is 2.82. The molecule has 0 aromatic carbocycles. The summed E-state index contributed by atoms with van der Waals surface area (Å²) >= 11 is 1.79. The summed E-state index contributed by atoms with van der Waals surface area (Å²) in [6.07, 6.45) is 5.71. The third-order valence-corrected chi connectivity index (χ3v) is 4.36. The predicted molar refractivity (Wildman–Crippen MR) is 67.3 cm³/mol. The van der Waals surface area contributed by atoms with E-state index in [1.165, 1.54) is 31.2 Å². The molecule has 0 saturated heterocycles. The van der Waals surface area contributed by atoms with E-state index in [2.05, 4.69) is 36.0 Å². The van der Waals surface area contributed by atoms with Crippen LogP contribution in [0.3, 0.4) is 0 Å². The number of thiophene rings is 1. The van der Waals surface area contributed by atoms with Crippen molar-refractivity contribution in [2.75, 3.05) is 0 Å². The molecule has 0 amide bonds. The minimum Gasteiger partial charge on any atom is -0.307 e. The first-order valence-corrected chi connectivity index (χ1v) is 7.00. The quantitative estimate of drug-likeness (QED) is 0.814. The summed E-state index contributed by atoms with van der Waals surface area (Å²) in [5.41, 5.74) is 1.44. The summed E-state index contributed by atoms with van der Waals surface area (Å²) in [5.74, 6) is 0.908. The van der Waals surface area contributed by atoms with E-state index < -0.39 is 0 Å². The Bertz CT molecular complexity index is 275. The Kier molecular flexibility index (Phi) is 3.81. The van der Waals surface area contributed by atoms with Gasteiger partial charge in [-0.25, -0.2) is 0 Å². The molecule has 1 aromatic heterocycles. The fourth-order valence-corrected chi connectivity index (χ4v) is 3.36. The van der Waals surface area contributed by atoms with Crippen molar-refractivity contribution >= 4 is 11.3 Å². The van der Waals surface area contributed by atoms with Crippen LogP contribution in [0.4, 0.5) is 0 Å². The zero-order valence-electron chi connectivity index (χ0n) is 9.70. The van der Waals surface area contributed by atoms with Crippen LogP contribution in [0.2, 0.25) is 0 Å². The average Bonchev–Trinajstić information content (AvgIpc) is 2.91. The van der Waals surface area contributed by atoms with E-state index in [9.17, 15) is 0 Å². The molecule has 1 fully saturated rings. The zero-order valence-corrected chi connectivity index (χ0v) is 10.5. The minimum absolute atomic E-state index is 0.506. The van der Waals surface area contributed by atoms with Crippen molar-refractivity contribution in [3.8, 4) is 0 Å². The molecule has 1 aliphatic rings. The molecule has 2 atom stereocenters. The number of nitrogens with one attached hydrogen (secondary N) is 1. The molecular weight excluding hydrogens is 202 g/mol. The first-order chi connectivity index (χ1) is 7.27. The molecule has 84 valence electrons. The van der Waals surface area contributed by atoms with Crippen molar-refractivity contribution in [3.63, 3.8) is 0 Å². The monoisotopic (exact) mass is 223 g/mol. The Morgan fingerprint density at radius 3 is 2.67 bits per heavy atom. The highest BCUT2D eigenvalue weighted by molar-refractivity contribution is 7.07. The van der Waals surface area contributed by atoms with E-state index in [1.807, 2.05) is 0 Å². The van der Waals surface area contributed by atoms with Crippen LogP contribution in [-0.2, 0) is 0 Å². The summed E-state index contributed by atoms with van der Waals surface area (Å²) < 4.78 is 0. The molecule has 2 heteroatoms. The second-order valence-corrected chi connectivity index (χ2v) is 5.56. The fraction of sp³-hybridized carbons (Fsp3) is 0.692. The van der Waals surface area contributed by atoms with Crippen LogP contribution >= 0.6 is 11.3 Å². The SMILES string of the molecule is CC(NC(C)C1CCCC1)c1ccsc1. The number of rotatable bonds is 4. The molecule has 1 aromatic rings. The lowest BCUT2D eigenvalue weighted by atomic mass is 9.98. The van der Waals surface area contributed by atoms with Gasteiger partial charge in [-0.3, -0.25) is 0 Å². The lowest BCUT2D eigenvalue weighted by Gasteiger charge is -2.24. The Morgan fingerprint density at radius 1 is 1.33 bits per heavy atom. The van der Waals surface area contributed by atoms with Gasteiger partial charge in [-0.1, -0.05) is 12.8 Å². The van der Waals surface area contributed by atoms with Gasteiger partial charge in [0.15, 0.2) is 0 Å². The van der Waals surface area contributed by atoms with E-state index in [0.29, 0.717) is 12.1 Å². The zero-order chi connectivity index (χ0) is 10.7. The summed E-state index contributed by atoms with van der Waals surface area (Å²) in [6.45, 7) is 4.62. The van der Waals surface area contributed by atoms with E-state index >= 15 is 0 Å². The molecule has 2 rings (SSSR count). The Morgan fingerprint density at radius 2 is 2.07 bits per heavy atom. The summed E-state index contributed by atoms with van der Waals surface area (Å²) in [7, 11) is 0. The number of hydrogen-bond donors (Lipinski definition) is 1. The van der Waals surface area contributed by atoms with Gasteiger partial charge in [0.05, 0.1) is 0 Å². The van der Waals surface area contributed by atoms with Gasteiger partial charge in [-0.05, 0) is 55.0 Å². The van der Waals surface area contributed by atoms with E-state index in [-0.39, 0.29) is 0 Å². The van der Waals surface area contributed by atoms with Gasteiger partial charge in [0.2, 0.25) is 0 Å². The maximum Gasteiger partial charge on any atom is 0.0302 e. The molecule has 0 bridgehead atoms. The Labute approximate surface area is 96.9 Å². The highest BCUT2D eigenvalue weighted by Crippen LogP contribution is 2.29. The van der Waals surface area contributed by atoms with Crippen molar-refractivity contribution in [2.24, 2.45) is 5.92 Å². The Hall–Kier alpha value is -0.340. The van der Waals surface area contributed by atoms with Crippen LogP contribution in [0, 0.1) is 5.92 Å². The van der Waals surface area contributed by atoms with Crippen molar-refractivity contribution in [2.45, 2.75) is 51.6 Å². The Balaban J connectivity index is 1.85. The van der Waals surface area contributed by atoms with Gasteiger partial charge < -0.3 is 5.32 Å². The smallest absolute Gasteiger partial charge is 0.0302 e. The molecule has 0 spiro atoms. The molecule has 1 nitrogen and oxygen atoms in total. The second-order valence-electron chi connectivity index (χ2n) is 4.78. The average molecular weight is 223 g/mol. The maximum atomic E-state index is 3.73. The van der Waals surface area contributed by atoms with Gasteiger partial charge in [0.1, 0.15) is 0 Å². The molecular formula is C13H21NS. The highest BCUT2D eigenvalue weighted by atomic mass is 32.1. The first-order valence-electron chi connectivity index (χ1n) is 6.05. The normalized spacial score (nSPS) is 21.7. The van der Waals surface area contributed by atoms with Crippen LogP contribution in [0.15, 0.2) is 16.8 Å². The molecule has 1 heterocycles. The van der Waals surface area contributed by atoms with Crippen LogP contribution in [0.5, 0.6) is 0 Å². The largest absolute Gasteiger partial charge is 0.307 e. The van der Waals surface area contributed by atoms with Gasteiger partial charge >= 0.3 is 0 Å². The number of hydrogen-bond acceptors (Lipinski definition) is 2. The van der Waals surface area contributed by atoms with Crippen molar-refractivity contribution < 1.29 is 0 Å². The van der Waals surface area contributed by atoms with Crippen LogP contribution in [-0.4, -0.2) is 6.04 Å². The lowest BCUT2D eigenvalue weighted by Crippen LogP contribution is -2.34. The molecule has 15 heavy (non-hydrogen) atoms. The van der Waals surface area contributed by atoms with E-state index in [0.717, 1.165) is 5.92 Å². The fourth-order valence-electron chi connectivity index (χ4n) is 2.61. The van der Waals surface area contributed by atoms with Crippen molar-refractivity contribution in [3.05, 3.63) is 22.4 Å². The summed E-state index contributed by atoms with van der Waals surface area (Å²) in [5, 5.41) is 8.14. The molecule has 2 unspecified atom stereocenters. The summed E-state index contributed by atoms with van der Waals surface area (Å²) in [4.78, 5) is 0. The van der Waals surface area contributed by atoms with Gasteiger partial charge in [0, 0.05) is 12.1 Å². The van der Waals surface area contributed by atoms with Crippen LogP contribution in [0.25, 0.3) is 0 Å². The van der Waals surface area contributed by atoms with Gasteiger partial charge in [0.25, 0.3) is 0 Å². The first kappa shape index (κ1) is 11.2. The molecule has 0 aliphatic heterocycles. The third-order valence-electron chi connectivity index (χ3n) is 3.66. The standard InChI is InChI=1S/C13H21NS/c1-10(12-5-3-4-6-12)14-11(2)13-7-8-15-9-13/h7-12,14H,3-6H2,1-2H3. The topological polar surface area (TPSA) is 12.0 Å². The highest BCUT2D eigenvalue weighted by Gasteiger charge is 2.22. The van der Waals surface area contributed by atoms with Gasteiger partial charge in [-0.15, -0.1) is 0 Å². The molecule has 1 aliphatic carbocycles. The van der Waals surface area contributed by atoms with Crippen LogP contribution < -0.4 is 5.32 Å². The maximum absolute atomic E-state index is 3.73. The van der Waals surface area contributed by atoms with E-state index in [4.69, 9.17) is 0 Å². The van der Waals surface area contributed by atoms with Crippen LogP contribution in [0.1, 0.15) is 51.1 Å². The van der Waals surface area contributed by atoms with Crippen molar-refractivity contribution in [1.82, 2.24) is 5.32 Å². The lowest BCUT2D eigenvalue weighted by molar-refractivity contribution is 0.353. The summed E-state index contributed by atoms with van der Waals surface area (Å²) in [6, 6.07) is 3.40. The molecule has 1 saturated carbocycles. The van der Waals surface area contributed by atoms with E-state index in [1.54, 1.807) is 11.3 Å². The molecule has 1 N–H and O–H groups in total. The van der Waals surface area contributed by atoms with Gasteiger partial charge in [-0.2, -0.15) is 11.3 Å². The predicted octanol–water partition coefficient (Wildman–Crippen LogP) is 3.98.